The lowest BCUT2D eigenvalue weighted by atomic mass is 9.99. The molecular formula is C13H14F3N3. The quantitative estimate of drug-likeness (QED) is 0.908. The van der Waals surface area contributed by atoms with Crippen molar-refractivity contribution in [1.29, 1.82) is 0 Å². The highest BCUT2D eigenvalue weighted by Gasteiger charge is 2.35. The molecule has 2 N–H and O–H groups in total. The lowest BCUT2D eigenvalue weighted by Gasteiger charge is -2.19. The predicted octanol–water partition coefficient (Wildman–Crippen LogP) is 3.40. The van der Waals surface area contributed by atoms with Gasteiger partial charge in [0.1, 0.15) is 0 Å². The van der Waals surface area contributed by atoms with Gasteiger partial charge in [0, 0.05) is 6.20 Å². The first-order valence-corrected chi connectivity index (χ1v) is 5.76. The summed E-state index contributed by atoms with van der Waals surface area (Å²) in [5, 5.41) is 3.96. The van der Waals surface area contributed by atoms with Crippen LogP contribution in [0.1, 0.15) is 29.7 Å². The SMILES string of the molecule is Cc1ccc(C(C)n2cc(N)cn2)c(C(F)(F)F)c1. The van der Waals surface area contributed by atoms with Crippen LogP contribution < -0.4 is 5.73 Å². The molecule has 1 heterocycles. The lowest BCUT2D eigenvalue weighted by Crippen LogP contribution is -2.15. The topological polar surface area (TPSA) is 43.8 Å². The van der Waals surface area contributed by atoms with Crippen molar-refractivity contribution in [2.75, 3.05) is 5.73 Å². The molecular weight excluding hydrogens is 255 g/mol. The maximum atomic E-state index is 13.1. The van der Waals surface area contributed by atoms with Crippen LogP contribution in [0.5, 0.6) is 0 Å². The fourth-order valence-electron chi connectivity index (χ4n) is 1.99. The first-order valence-electron chi connectivity index (χ1n) is 5.76. The van der Waals surface area contributed by atoms with Crippen molar-refractivity contribution >= 4 is 5.69 Å². The highest BCUT2D eigenvalue weighted by molar-refractivity contribution is 5.37. The average molecular weight is 269 g/mol. The largest absolute Gasteiger partial charge is 0.416 e. The van der Waals surface area contributed by atoms with E-state index in [4.69, 9.17) is 5.73 Å². The van der Waals surface area contributed by atoms with Crippen molar-refractivity contribution in [1.82, 2.24) is 9.78 Å². The maximum absolute atomic E-state index is 13.1. The van der Waals surface area contributed by atoms with Crippen LogP contribution in [0.15, 0.2) is 30.6 Å². The molecule has 6 heteroatoms. The number of aromatic nitrogens is 2. The number of halogens is 3. The minimum atomic E-state index is -4.38. The van der Waals surface area contributed by atoms with E-state index in [0.29, 0.717) is 11.3 Å². The standard InChI is InChI=1S/C13H14F3N3/c1-8-3-4-11(12(5-8)13(14,15)16)9(2)19-7-10(17)6-18-19/h3-7,9H,17H2,1-2H3. The molecule has 0 aliphatic carbocycles. The zero-order valence-corrected chi connectivity index (χ0v) is 10.6. The van der Waals surface area contributed by atoms with E-state index in [0.717, 1.165) is 6.07 Å². The van der Waals surface area contributed by atoms with E-state index < -0.39 is 17.8 Å². The fraction of sp³-hybridized carbons (Fsp3) is 0.308. The van der Waals surface area contributed by atoms with E-state index in [1.54, 1.807) is 19.9 Å². The minimum absolute atomic E-state index is 0.182. The molecule has 2 aromatic rings. The monoisotopic (exact) mass is 269 g/mol. The van der Waals surface area contributed by atoms with Gasteiger partial charge in [0.05, 0.1) is 23.5 Å². The van der Waals surface area contributed by atoms with Gasteiger partial charge >= 0.3 is 6.18 Å². The van der Waals surface area contributed by atoms with Crippen LogP contribution in [0.25, 0.3) is 0 Å². The normalized spacial score (nSPS) is 13.5. The molecule has 0 saturated carbocycles. The van der Waals surface area contributed by atoms with E-state index in [-0.39, 0.29) is 5.56 Å². The number of hydrogen-bond acceptors (Lipinski definition) is 2. The summed E-state index contributed by atoms with van der Waals surface area (Å²) in [5.74, 6) is 0. The molecule has 19 heavy (non-hydrogen) atoms. The van der Waals surface area contributed by atoms with Crippen molar-refractivity contribution in [2.24, 2.45) is 0 Å². The molecule has 102 valence electrons. The molecule has 0 fully saturated rings. The van der Waals surface area contributed by atoms with Gasteiger partial charge in [-0.3, -0.25) is 4.68 Å². The minimum Gasteiger partial charge on any atom is -0.396 e. The van der Waals surface area contributed by atoms with Crippen LogP contribution in [0.3, 0.4) is 0 Å². The molecule has 0 saturated heterocycles. The van der Waals surface area contributed by atoms with Crippen LogP contribution in [0.4, 0.5) is 18.9 Å². The van der Waals surface area contributed by atoms with E-state index in [9.17, 15) is 13.2 Å². The summed E-state index contributed by atoms with van der Waals surface area (Å²) in [5.41, 5.74) is 6.08. The predicted molar refractivity (Wildman–Crippen MR) is 66.6 cm³/mol. The Morgan fingerprint density at radius 2 is 2.00 bits per heavy atom. The van der Waals surface area contributed by atoms with Gasteiger partial charge in [0.15, 0.2) is 0 Å². The van der Waals surface area contributed by atoms with Crippen LogP contribution in [0, 0.1) is 6.92 Å². The first kappa shape index (κ1) is 13.5. The highest BCUT2D eigenvalue weighted by atomic mass is 19.4. The number of rotatable bonds is 2. The Morgan fingerprint density at radius 1 is 1.32 bits per heavy atom. The number of hydrogen-bond donors (Lipinski definition) is 1. The summed E-state index contributed by atoms with van der Waals surface area (Å²) >= 11 is 0. The molecule has 1 aromatic carbocycles. The number of nitrogen functional groups attached to an aromatic ring is 1. The second-order valence-electron chi connectivity index (χ2n) is 4.52. The lowest BCUT2D eigenvalue weighted by molar-refractivity contribution is -0.138. The molecule has 1 atom stereocenters. The van der Waals surface area contributed by atoms with Crippen molar-refractivity contribution in [3.63, 3.8) is 0 Å². The molecule has 0 aliphatic rings. The zero-order chi connectivity index (χ0) is 14.2. The van der Waals surface area contributed by atoms with Gasteiger partial charge in [-0.05, 0) is 25.5 Å². The van der Waals surface area contributed by atoms with Crippen molar-refractivity contribution in [3.8, 4) is 0 Å². The molecule has 0 bridgehead atoms. The summed E-state index contributed by atoms with van der Waals surface area (Å²) in [7, 11) is 0. The molecule has 0 radical (unpaired) electrons. The molecule has 0 aliphatic heterocycles. The van der Waals surface area contributed by atoms with Crippen LogP contribution in [-0.2, 0) is 6.18 Å². The fourth-order valence-corrected chi connectivity index (χ4v) is 1.99. The smallest absolute Gasteiger partial charge is 0.396 e. The number of alkyl halides is 3. The number of nitrogens with two attached hydrogens (primary N) is 1. The van der Waals surface area contributed by atoms with Gasteiger partial charge in [-0.2, -0.15) is 18.3 Å². The van der Waals surface area contributed by atoms with E-state index >= 15 is 0 Å². The van der Waals surface area contributed by atoms with Gasteiger partial charge in [-0.15, -0.1) is 0 Å². The van der Waals surface area contributed by atoms with Crippen molar-refractivity contribution < 1.29 is 13.2 Å². The van der Waals surface area contributed by atoms with Crippen LogP contribution >= 0.6 is 0 Å². The van der Waals surface area contributed by atoms with E-state index in [1.807, 2.05) is 0 Å². The highest BCUT2D eigenvalue weighted by Crippen LogP contribution is 2.36. The Hall–Kier alpha value is -1.98. The summed E-state index contributed by atoms with van der Waals surface area (Å²) in [6.07, 6.45) is -1.45. The van der Waals surface area contributed by atoms with Crippen LogP contribution in [0.2, 0.25) is 0 Å². The van der Waals surface area contributed by atoms with E-state index in [2.05, 4.69) is 5.10 Å². The average Bonchev–Trinajstić information content (AvgIpc) is 2.74. The molecule has 2 rings (SSSR count). The van der Waals surface area contributed by atoms with Crippen molar-refractivity contribution in [3.05, 3.63) is 47.3 Å². The van der Waals surface area contributed by atoms with Gasteiger partial charge < -0.3 is 5.73 Å². The first-order chi connectivity index (χ1) is 8.79. The summed E-state index contributed by atoms with van der Waals surface area (Å²) < 4.78 is 40.6. The number of benzene rings is 1. The Labute approximate surface area is 108 Å². The summed E-state index contributed by atoms with van der Waals surface area (Å²) in [6.45, 7) is 3.29. The zero-order valence-electron chi connectivity index (χ0n) is 10.6. The Bertz CT molecular complexity index is 587. The third kappa shape index (κ3) is 2.72. The van der Waals surface area contributed by atoms with Gasteiger partial charge in [-0.1, -0.05) is 17.7 Å². The number of aryl methyl sites for hydroxylation is 1. The summed E-state index contributed by atoms with van der Waals surface area (Å²) in [4.78, 5) is 0. The van der Waals surface area contributed by atoms with Gasteiger partial charge in [0.2, 0.25) is 0 Å². The van der Waals surface area contributed by atoms with Gasteiger partial charge in [-0.25, -0.2) is 0 Å². The molecule has 0 spiro atoms. The van der Waals surface area contributed by atoms with Crippen LogP contribution in [-0.4, -0.2) is 9.78 Å². The third-order valence-corrected chi connectivity index (χ3v) is 2.98. The summed E-state index contributed by atoms with van der Waals surface area (Å²) in [6, 6.07) is 3.77. The Morgan fingerprint density at radius 3 is 2.53 bits per heavy atom. The second kappa shape index (κ2) is 4.60. The van der Waals surface area contributed by atoms with E-state index in [1.165, 1.54) is 23.1 Å². The Kier molecular flexibility index (Phi) is 3.26. The molecule has 0 amide bonds. The Balaban J connectivity index is 2.50. The molecule has 1 unspecified atom stereocenters. The molecule has 1 aromatic heterocycles. The number of nitrogens with zero attached hydrogens (tertiary/aromatic N) is 2. The molecule has 3 nitrogen and oxygen atoms in total. The van der Waals surface area contributed by atoms with Crippen molar-refractivity contribution in [2.45, 2.75) is 26.1 Å². The number of anilines is 1. The van der Waals surface area contributed by atoms with Gasteiger partial charge in [0.25, 0.3) is 0 Å². The maximum Gasteiger partial charge on any atom is 0.416 e. The second-order valence-corrected chi connectivity index (χ2v) is 4.52. The third-order valence-electron chi connectivity index (χ3n) is 2.98.